The molecule has 0 spiro atoms. The van der Waals surface area contributed by atoms with Gasteiger partial charge >= 0.3 is 5.97 Å². The number of rotatable bonds is 25. The number of carbonyl (C=O) groups excluding carboxylic acids is 9. The van der Waals surface area contributed by atoms with E-state index in [1.165, 1.54) is 18.7 Å². The predicted molar refractivity (Wildman–Crippen MR) is 226 cm³/mol. The maximum Gasteiger partial charge on any atom is 0.326 e. The van der Waals surface area contributed by atoms with E-state index in [1.807, 2.05) is 13.8 Å². The summed E-state index contributed by atoms with van der Waals surface area (Å²) in [5, 5.41) is 46.9. The fourth-order valence-corrected chi connectivity index (χ4v) is 6.60. The first-order chi connectivity index (χ1) is 29.1. The normalized spacial score (nSPS) is 18.2. The SMILES string of the molecule is CC(C)C[C@H](NC(=O)[C@@H](N)CC(N)=O)C(=O)N[C@H](C(=O)N1CCC[C@H]1C(=O)N[C@@H](CO)C(=O)N[C@H](C(=O)N[C@@H](C)C(=O)N[C@H](C(=O)N[C@H](C(=O)O)C(C)C)[C@@H](C)O)C(C)C)C(C)C. The first kappa shape index (κ1) is 55.6. The van der Waals surface area contributed by atoms with Gasteiger partial charge in [0.15, 0.2) is 0 Å². The molecule has 1 fully saturated rings. The van der Waals surface area contributed by atoms with Crippen LogP contribution in [-0.4, -0.2) is 153 Å². The Balaban J connectivity index is 3.09. The molecule has 0 aliphatic carbocycles. The molecule has 0 aromatic rings. The lowest BCUT2D eigenvalue weighted by Gasteiger charge is -2.32. The van der Waals surface area contributed by atoms with Crippen LogP contribution < -0.4 is 48.7 Å². The van der Waals surface area contributed by atoms with Crippen molar-refractivity contribution in [1.82, 2.24) is 42.1 Å². The van der Waals surface area contributed by atoms with E-state index in [2.05, 4.69) is 37.2 Å². The summed E-state index contributed by atoms with van der Waals surface area (Å²) in [4.78, 5) is 131. The van der Waals surface area contributed by atoms with Gasteiger partial charge in [-0.05, 0) is 56.8 Å². The van der Waals surface area contributed by atoms with Gasteiger partial charge < -0.3 is 68.9 Å². The molecular weight excluding hydrogens is 828 g/mol. The van der Waals surface area contributed by atoms with Gasteiger partial charge in [-0.1, -0.05) is 55.4 Å². The highest BCUT2D eigenvalue weighted by molar-refractivity contribution is 5.98. The van der Waals surface area contributed by atoms with Gasteiger partial charge in [-0.25, -0.2) is 4.79 Å². The third kappa shape index (κ3) is 17.3. The Hall–Kier alpha value is -5.42. The van der Waals surface area contributed by atoms with Gasteiger partial charge in [-0.2, -0.15) is 0 Å². The van der Waals surface area contributed by atoms with Crippen molar-refractivity contribution < 1.29 is 63.3 Å². The Morgan fingerprint density at radius 3 is 1.59 bits per heavy atom. The minimum Gasteiger partial charge on any atom is -0.480 e. The molecule has 1 saturated heterocycles. The van der Waals surface area contributed by atoms with Crippen molar-refractivity contribution >= 4 is 59.1 Å². The Morgan fingerprint density at radius 2 is 1.11 bits per heavy atom. The van der Waals surface area contributed by atoms with Crippen LogP contribution in [0.15, 0.2) is 0 Å². The standard InChI is InChI=1S/C40H70N10O13/c1-17(2)14-24(44-33(55)23(41)15-27(42)53)34(56)47-29(19(5)6)39(61)50-13-11-12-26(50)36(58)45-25(16-51)35(57)46-28(18(3)4)37(59)43-21(9)32(54)49-31(22(10)52)38(60)48-30(20(7)8)40(62)63/h17-26,28-31,51-52H,11-16,41H2,1-10H3,(H2,42,53)(H,43,59)(H,44,55)(H,45,58)(H,46,57)(H,47,56)(H,48,60)(H,49,54)(H,62,63)/t21-,22+,23-,24-,25-,26-,28-,29-,30-,31-/m0/s1. The van der Waals surface area contributed by atoms with Crippen molar-refractivity contribution in [3.63, 3.8) is 0 Å². The Labute approximate surface area is 367 Å². The molecule has 0 radical (unpaired) electrons. The zero-order valence-corrected chi connectivity index (χ0v) is 37.9. The second-order valence-electron chi connectivity index (χ2n) is 17.4. The van der Waals surface area contributed by atoms with E-state index in [1.54, 1.807) is 41.5 Å². The first-order valence-corrected chi connectivity index (χ1v) is 21.1. The summed E-state index contributed by atoms with van der Waals surface area (Å²) in [6, 6.07) is -11.9. The van der Waals surface area contributed by atoms with E-state index >= 15 is 0 Å². The van der Waals surface area contributed by atoms with E-state index < -0.39 is 150 Å². The molecule has 0 unspecified atom stereocenters. The minimum absolute atomic E-state index is 0.0897. The van der Waals surface area contributed by atoms with Crippen LogP contribution in [0.4, 0.5) is 0 Å². The number of hydrogen-bond acceptors (Lipinski definition) is 13. The number of aliphatic hydroxyl groups is 2. The molecule has 0 saturated carbocycles. The van der Waals surface area contributed by atoms with Crippen molar-refractivity contribution in [3.05, 3.63) is 0 Å². The number of amides is 9. The van der Waals surface area contributed by atoms with Crippen LogP contribution in [0.3, 0.4) is 0 Å². The van der Waals surface area contributed by atoms with Crippen molar-refractivity contribution in [2.75, 3.05) is 13.2 Å². The fraction of sp³-hybridized carbons (Fsp3) is 0.750. The summed E-state index contributed by atoms with van der Waals surface area (Å²) in [6.07, 6.45) is -1.20. The number of aliphatic hydroxyl groups excluding tert-OH is 2. The summed E-state index contributed by atoms with van der Waals surface area (Å²) >= 11 is 0. The number of nitrogens with zero attached hydrogens (tertiary/aromatic N) is 1. The highest BCUT2D eigenvalue weighted by Gasteiger charge is 2.41. The van der Waals surface area contributed by atoms with Gasteiger partial charge in [0.05, 0.1) is 25.2 Å². The van der Waals surface area contributed by atoms with Gasteiger partial charge in [0.2, 0.25) is 53.2 Å². The van der Waals surface area contributed by atoms with E-state index in [9.17, 15) is 63.3 Å². The lowest BCUT2D eigenvalue weighted by molar-refractivity contribution is -0.144. The molecule has 23 heteroatoms. The average molecular weight is 899 g/mol. The Morgan fingerprint density at radius 1 is 0.619 bits per heavy atom. The number of nitrogens with two attached hydrogens (primary N) is 2. The van der Waals surface area contributed by atoms with E-state index in [0.717, 1.165) is 0 Å². The topological polar surface area (TPSA) is 371 Å². The lowest BCUT2D eigenvalue weighted by Crippen LogP contribution is -2.62. The van der Waals surface area contributed by atoms with Gasteiger partial charge in [0.1, 0.15) is 48.3 Å². The van der Waals surface area contributed by atoms with Crippen LogP contribution in [0.1, 0.15) is 94.9 Å². The number of nitrogens with one attached hydrogen (secondary N) is 7. The molecule has 1 heterocycles. The largest absolute Gasteiger partial charge is 0.480 e. The van der Waals surface area contributed by atoms with Crippen molar-refractivity contribution in [1.29, 1.82) is 0 Å². The monoisotopic (exact) mass is 899 g/mol. The van der Waals surface area contributed by atoms with E-state index in [0.29, 0.717) is 6.42 Å². The Kier molecular flexibility index (Phi) is 22.6. The summed E-state index contributed by atoms with van der Waals surface area (Å²) in [5.41, 5.74) is 10.9. The quantitative estimate of drug-likeness (QED) is 0.0417. The molecule has 63 heavy (non-hydrogen) atoms. The summed E-state index contributed by atoms with van der Waals surface area (Å²) in [6.45, 7) is 14.9. The lowest BCUT2D eigenvalue weighted by atomic mass is 9.99. The smallest absolute Gasteiger partial charge is 0.326 e. The molecule has 358 valence electrons. The number of primary amides is 1. The fourth-order valence-electron chi connectivity index (χ4n) is 6.60. The molecule has 1 aliphatic rings. The van der Waals surface area contributed by atoms with Crippen LogP contribution in [0.5, 0.6) is 0 Å². The van der Waals surface area contributed by atoms with Crippen LogP contribution >= 0.6 is 0 Å². The number of carboxylic acid groups (broad SMARTS) is 1. The summed E-state index contributed by atoms with van der Waals surface area (Å²) in [5.74, 6) is -10.5. The minimum atomic E-state index is -1.60. The molecule has 0 aromatic heterocycles. The zero-order chi connectivity index (χ0) is 48.6. The molecule has 0 aromatic carbocycles. The Bertz CT molecular complexity index is 1660. The number of carbonyl (C=O) groups is 10. The van der Waals surface area contributed by atoms with E-state index in [4.69, 9.17) is 11.5 Å². The number of hydrogen-bond donors (Lipinski definition) is 12. The second kappa shape index (κ2) is 25.6. The third-order valence-electron chi connectivity index (χ3n) is 10.3. The summed E-state index contributed by atoms with van der Waals surface area (Å²) < 4.78 is 0. The average Bonchev–Trinajstić information content (AvgIpc) is 3.67. The predicted octanol–water partition coefficient (Wildman–Crippen LogP) is -3.93. The van der Waals surface area contributed by atoms with Crippen LogP contribution in [0.25, 0.3) is 0 Å². The highest BCUT2D eigenvalue weighted by atomic mass is 16.4. The number of aliphatic carboxylic acids is 1. The summed E-state index contributed by atoms with van der Waals surface area (Å²) in [7, 11) is 0. The van der Waals surface area contributed by atoms with Crippen LogP contribution in [0.2, 0.25) is 0 Å². The first-order valence-electron chi connectivity index (χ1n) is 21.1. The van der Waals surface area contributed by atoms with Gasteiger partial charge in [-0.3, -0.25) is 43.2 Å². The maximum atomic E-state index is 14.0. The molecule has 14 N–H and O–H groups in total. The van der Waals surface area contributed by atoms with Crippen molar-refractivity contribution in [2.24, 2.45) is 35.1 Å². The molecular formula is C40H70N10O13. The molecule has 23 nitrogen and oxygen atoms in total. The maximum absolute atomic E-state index is 14.0. The van der Waals surface area contributed by atoms with Crippen LogP contribution in [-0.2, 0) is 47.9 Å². The van der Waals surface area contributed by atoms with Gasteiger partial charge in [0, 0.05) is 6.54 Å². The van der Waals surface area contributed by atoms with Crippen LogP contribution in [0, 0.1) is 23.7 Å². The van der Waals surface area contributed by atoms with Gasteiger partial charge in [-0.15, -0.1) is 0 Å². The molecule has 1 rings (SSSR count). The number of carboxylic acids is 1. The third-order valence-corrected chi connectivity index (χ3v) is 10.3. The second-order valence-corrected chi connectivity index (χ2v) is 17.4. The van der Waals surface area contributed by atoms with Crippen molar-refractivity contribution in [2.45, 2.75) is 155 Å². The zero-order valence-electron chi connectivity index (χ0n) is 37.9. The van der Waals surface area contributed by atoms with Gasteiger partial charge in [0.25, 0.3) is 0 Å². The molecule has 0 bridgehead atoms. The van der Waals surface area contributed by atoms with E-state index in [-0.39, 0.29) is 25.3 Å². The number of likely N-dealkylation sites (tertiary alicyclic amines) is 1. The molecule has 10 atom stereocenters. The molecule has 1 aliphatic heterocycles. The highest BCUT2D eigenvalue weighted by Crippen LogP contribution is 2.21. The van der Waals surface area contributed by atoms with Crippen molar-refractivity contribution in [3.8, 4) is 0 Å². The molecule has 9 amide bonds.